The number of nitrogens with one attached hydrogen (secondary N) is 1. The molecule has 27 heavy (non-hydrogen) atoms. The highest BCUT2D eigenvalue weighted by Crippen LogP contribution is 2.32. The minimum absolute atomic E-state index is 0.0196. The van der Waals surface area contributed by atoms with Crippen LogP contribution in [0, 0.1) is 5.82 Å². The van der Waals surface area contributed by atoms with Crippen LogP contribution in [0.15, 0.2) is 54.9 Å². The Morgan fingerprint density at radius 3 is 2.70 bits per heavy atom. The summed E-state index contributed by atoms with van der Waals surface area (Å²) >= 11 is 0. The molecule has 0 aliphatic carbocycles. The molecule has 1 aliphatic rings. The number of fused-ring (bicyclic) bond motifs is 1. The Morgan fingerprint density at radius 1 is 1.11 bits per heavy atom. The van der Waals surface area contributed by atoms with Crippen molar-refractivity contribution in [3.05, 3.63) is 66.2 Å². The largest absolute Gasteiger partial charge is 0.454 e. The molecule has 1 aromatic heterocycles. The van der Waals surface area contributed by atoms with Gasteiger partial charge in [0.15, 0.2) is 23.1 Å². The van der Waals surface area contributed by atoms with E-state index in [2.05, 4.69) is 15.3 Å². The molecule has 0 fully saturated rings. The number of para-hydroxylation sites is 1. The van der Waals surface area contributed by atoms with Crippen LogP contribution in [0.4, 0.5) is 10.1 Å². The van der Waals surface area contributed by atoms with Crippen LogP contribution >= 0.6 is 0 Å². The first kappa shape index (κ1) is 16.8. The predicted octanol–water partition coefficient (Wildman–Crippen LogP) is 3.32. The second-order valence-electron chi connectivity index (χ2n) is 5.70. The summed E-state index contributed by atoms with van der Waals surface area (Å²) in [4.78, 5) is 20.1. The SMILES string of the molecule is O=C(Cc1ccc2c(c1)OCO2)Nc1cnc(Oc2ccccc2F)nc1. The van der Waals surface area contributed by atoms with E-state index < -0.39 is 5.82 Å². The summed E-state index contributed by atoms with van der Waals surface area (Å²) in [5.74, 6) is 0.566. The lowest BCUT2D eigenvalue weighted by Crippen LogP contribution is -2.14. The Labute approximate surface area is 153 Å². The van der Waals surface area contributed by atoms with Crippen molar-refractivity contribution in [1.29, 1.82) is 0 Å². The molecule has 8 heteroatoms. The topological polar surface area (TPSA) is 82.6 Å². The molecule has 4 rings (SSSR count). The number of rotatable bonds is 5. The van der Waals surface area contributed by atoms with Crippen molar-refractivity contribution >= 4 is 11.6 Å². The van der Waals surface area contributed by atoms with E-state index in [0.717, 1.165) is 5.56 Å². The van der Waals surface area contributed by atoms with E-state index >= 15 is 0 Å². The second-order valence-corrected chi connectivity index (χ2v) is 5.70. The monoisotopic (exact) mass is 367 g/mol. The van der Waals surface area contributed by atoms with Crippen molar-refractivity contribution in [2.75, 3.05) is 12.1 Å². The summed E-state index contributed by atoms with van der Waals surface area (Å²) in [6.07, 6.45) is 2.94. The standard InChI is InChI=1S/C19H14FN3O4/c20-14-3-1-2-4-15(14)27-19-21-9-13(10-22-19)23-18(24)8-12-5-6-16-17(7-12)26-11-25-16/h1-7,9-10H,8,11H2,(H,23,24). The number of aromatic nitrogens is 2. The van der Waals surface area contributed by atoms with Crippen LogP contribution in [0.3, 0.4) is 0 Å². The van der Waals surface area contributed by atoms with E-state index in [1.54, 1.807) is 30.3 Å². The van der Waals surface area contributed by atoms with Crippen molar-refractivity contribution in [2.24, 2.45) is 0 Å². The molecule has 3 aromatic rings. The highest BCUT2D eigenvalue weighted by molar-refractivity contribution is 5.92. The maximum absolute atomic E-state index is 13.6. The van der Waals surface area contributed by atoms with Crippen LogP contribution in [0.5, 0.6) is 23.3 Å². The molecule has 0 radical (unpaired) electrons. The summed E-state index contributed by atoms with van der Waals surface area (Å²) in [5.41, 5.74) is 1.19. The zero-order chi connectivity index (χ0) is 18.6. The maximum atomic E-state index is 13.6. The van der Waals surface area contributed by atoms with Crippen molar-refractivity contribution in [3.63, 3.8) is 0 Å². The molecular formula is C19H14FN3O4. The van der Waals surface area contributed by atoms with Gasteiger partial charge in [-0.1, -0.05) is 18.2 Å². The fourth-order valence-electron chi connectivity index (χ4n) is 2.50. The van der Waals surface area contributed by atoms with Gasteiger partial charge in [-0.25, -0.2) is 14.4 Å². The highest BCUT2D eigenvalue weighted by atomic mass is 19.1. The zero-order valence-electron chi connectivity index (χ0n) is 14.0. The van der Waals surface area contributed by atoms with Gasteiger partial charge in [0.2, 0.25) is 12.7 Å². The van der Waals surface area contributed by atoms with Crippen LogP contribution in [0.1, 0.15) is 5.56 Å². The molecule has 0 bridgehead atoms. The second kappa shape index (κ2) is 7.28. The third kappa shape index (κ3) is 3.95. The number of carbonyl (C=O) groups is 1. The van der Waals surface area contributed by atoms with Gasteiger partial charge in [0, 0.05) is 0 Å². The first-order valence-electron chi connectivity index (χ1n) is 8.10. The van der Waals surface area contributed by atoms with Gasteiger partial charge in [0.05, 0.1) is 24.5 Å². The minimum Gasteiger partial charge on any atom is -0.454 e. The Balaban J connectivity index is 1.36. The van der Waals surface area contributed by atoms with E-state index in [4.69, 9.17) is 14.2 Å². The predicted molar refractivity (Wildman–Crippen MR) is 93.4 cm³/mol. The zero-order valence-corrected chi connectivity index (χ0v) is 14.0. The number of ether oxygens (including phenoxy) is 3. The highest BCUT2D eigenvalue weighted by Gasteiger charge is 2.14. The summed E-state index contributed by atoms with van der Waals surface area (Å²) < 4.78 is 29.4. The Kier molecular flexibility index (Phi) is 4.52. The lowest BCUT2D eigenvalue weighted by atomic mass is 10.1. The molecule has 2 heterocycles. The number of hydrogen-bond acceptors (Lipinski definition) is 6. The fraction of sp³-hybridized carbons (Fsp3) is 0.105. The van der Waals surface area contributed by atoms with E-state index in [1.165, 1.54) is 24.5 Å². The van der Waals surface area contributed by atoms with E-state index in [0.29, 0.717) is 17.2 Å². The average Bonchev–Trinajstić information content (AvgIpc) is 3.13. The van der Waals surface area contributed by atoms with Gasteiger partial charge < -0.3 is 19.5 Å². The van der Waals surface area contributed by atoms with Crippen molar-refractivity contribution in [1.82, 2.24) is 9.97 Å². The van der Waals surface area contributed by atoms with E-state index in [9.17, 15) is 9.18 Å². The minimum atomic E-state index is -0.512. The Hall–Kier alpha value is -3.68. The van der Waals surface area contributed by atoms with Crippen LogP contribution < -0.4 is 19.5 Å². The molecule has 0 saturated heterocycles. The van der Waals surface area contributed by atoms with Gasteiger partial charge in [-0.3, -0.25) is 4.79 Å². The smallest absolute Gasteiger partial charge is 0.322 e. The third-order valence-electron chi connectivity index (χ3n) is 3.75. The number of carbonyl (C=O) groups excluding carboxylic acids is 1. The number of hydrogen-bond donors (Lipinski definition) is 1. The summed E-state index contributed by atoms with van der Waals surface area (Å²) in [7, 11) is 0. The van der Waals surface area contributed by atoms with Crippen LogP contribution in [0.2, 0.25) is 0 Å². The average molecular weight is 367 g/mol. The molecule has 1 N–H and O–H groups in total. The first-order valence-corrected chi connectivity index (χ1v) is 8.10. The molecule has 1 amide bonds. The first-order chi connectivity index (χ1) is 13.2. The number of benzene rings is 2. The Bertz CT molecular complexity index is 979. The summed E-state index contributed by atoms with van der Waals surface area (Å²) in [6, 6.07) is 11.3. The maximum Gasteiger partial charge on any atom is 0.322 e. The van der Waals surface area contributed by atoms with E-state index in [1.807, 2.05) is 0 Å². The normalized spacial score (nSPS) is 11.9. The molecule has 136 valence electrons. The molecule has 0 unspecified atom stereocenters. The van der Waals surface area contributed by atoms with Gasteiger partial charge in [-0.05, 0) is 29.8 Å². The summed E-state index contributed by atoms with van der Waals surface area (Å²) in [5, 5.41) is 2.69. The number of amides is 1. The molecule has 0 spiro atoms. The number of anilines is 1. The summed E-state index contributed by atoms with van der Waals surface area (Å²) in [6.45, 7) is 0.184. The van der Waals surface area contributed by atoms with Crippen LogP contribution in [-0.2, 0) is 11.2 Å². The van der Waals surface area contributed by atoms with Crippen LogP contribution in [-0.4, -0.2) is 22.7 Å². The van der Waals surface area contributed by atoms with Gasteiger partial charge >= 0.3 is 6.01 Å². The Morgan fingerprint density at radius 2 is 1.89 bits per heavy atom. The molecule has 1 aliphatic heterocycles. The number of nitrogens with zero attached hydrogens (tertiary/aromatic N) is 2. The van der Waals surface area contributed by atoms with Crippen molar-refractivity contribution in [2.45, 2.75) is 6.42 Å². The molecule has 2 aromatic carbocycles. The molecular weight excluding hydrogens is 353 g/mol. The molecule has 7 nitrogen and oxygen atoms in total. The van der Waals surface area contributed by atoms with Gasteiger partial charge in [-0.15, -0.1) is 0 Å². The lowest BCUT2D eigenvalue weighted by molar-refractivity contribution is -0.115. The fourth-order valence-corrected chi connectivity index (χ4v) is 2.50. The lowest BCUT2D eigenvalue weighted by Gasteiger charge is -2.07. The van der Waals surface area contributed by atoms with Crippen molar-refractivity contribution < 1.29 is 23.4 Å². The van der Waals surface area contributed by atoms with E-state index in [-0.39, 0.29) is 30.9 Å². The quantitative estimate of drug-likeness (QED) is 0.745. The molecule has 0 saturated carbocycles. The van der Waals surface area contributed by atoms with Gasteiger partial charge in [0.1, 0.15) is 0 Å². The molecule has 0 atom stereocenters. The van der Waals surface area contributed by atoms with Gasteiger partial charge in [0.25, 0.3) is 0 Å². The van der Waals surface area contributed by atoms with Gasteiger partial charge in [-0.2, -0.15) is 0 Å². The third-order valence-corrected chi connectivity index (χ3v) is 3.75. The number of halogens is 1. The van der Waals surface area contributed by atoms with Crippen molar-refractivity contribution in [3.8, 4) is 23.3 Å². The van der Waals surface area contributed by atoms with Crippen LogP contribution in [0.25, 0.3) is 0 Å².